The Bertz CT molecular complexity index is 1100. The lowest BCUT2D eigenvalue weighted by Crippen LogP contribution is -2.04. The number of aromatic nitrogens is 2. The third-order valence-electron chi connectivity index (χ3n) is 4.20. The number of benzene rings is 3. The average molecular weight is 422 g/mol. The van der Waals surface area contributed by atoms with Gasteiger partial charge >= 0.3 is 0 Å². The molecule has 0 N–H and O–H groups in total. The predicted octanol–water partition coefficient (Wildman–Crippen LogP) is 7.37. The van der Waals surface area contributed by atoms with Gasteiger partial charge in [-0.3, -0.25) is 0 Å². The van der Waals surface area contributed by atoms with Crippen molar-refractivity contribution in [2.45, 2.75) is 6.54 Å². The molecule has 0 saturated carbocycles. The molecule has 0 aliphatic carbocycles. The van der Waals surface area contributed by atoms with Crippen LogP contribution in [0.15, 0.2) is 60.7 Å². The van der Waals surface area contributed by atoms with Gasteiger partial charge in [-0.2, -0.15) is 0 Å². The molecule has 0 atom stereocenters. The lowest BCUT2D eigenvalue weighted by Gasteiger charge is -2.13. The van der Waals surface area contributed by atoms with Crippen molar-refractivity contribution < 1.29 is 0 Å². The number of fused-ring (bicyclic) bond motifs is 1. The fourth-order valence-electron chi connectivity index (χ4n) is 2.95. The van der Waals surface area contributed by atoms with Crippen molar-refractivity contribution in [2.24, 2.45) is 0 Å². The third-order valence-corrected chi connectivity index (χ3v) is 5.46. The zero-order chi connectivity index (χ0) is 18.3. The summed E-state index contributed by atoms with van der Waals surface area (Å²) in [5.41, 5.74) is 3.49. The molecule has 0 unspecified atom stereocenters. The van der Waals surface area contributed by atoms with Crippen LogP contribution in [0, 0.1) is 0 Å². The van der Waals surface area contributed by atoms with Crippen LogP contribution in [0.2, 0.25) is 20.1 Å². The Morgan fingerprint density at radius 3 is 2.23 bits per heavy atom. The van der Waals surface area contributed by atoms with Crippen molar-refractivity contribution in [1.82, 2.24) is 9.55 Å². The summed E-state index contributed by atoms with van der Waals surface area (Å²) in [6.07, 6.45) is 0. The summed E-state index contributed by atoms with van der Waals surface area (Å²) in [4.78, 5) is 4.78. The van der Waals surface area contributed by atoms with Gasteiger partial charge in [0, 0.05) is 26.2 Å². The molecule has 1 heterocycles. The van der Waals surface area contributed by atoms with E-state index in [2.05, 4.69) is 4.57 Å². The van der Waals surface area contributed by atoms with Crippen molar-refractivity contribution >= 4 is 57.4 Å². The molecule has 2 nitrogen and oxygen atoms in total. The molecular weight excluding hydrogens is 410 g/mol. The number of hydrogen-bond donors (Lipinski definition) is 0. The van der Waals surface area contributed by atoms with Gasteiger partial charge in [-0.25, -0.2) is 4.98 Å². The van der Waals surface area contributed by atoms with Gasteiger partial charge < -0.3 is 4.57 Å². The minimum absolute atomic E-state index is 0.479. The number of rotatable bonds is 3. The Labute approximate surface area is 170 Å². The zero-order valence-corrected chi connectivity index (χ0v) is 16.4. The van der Waals surface area contributed by atoms with Crippen LogP contribution in [0.3, 0.4) is 0 Å². The maximum Gasteiger partial charge on any atom is 0.142 e. The first-order chi connectivity index (χ1) is 12.5. The van der Waals surface area contributed by atoms with E-state index in [-0.39, 0.29) is 0 Å². The molecule has 0 bridgehead atoms. The molecule has 1 aromatic heterocycles. The number of hydrogen-bond acceptors (Lipinski definition) is 1. The second kappa shape index (κ2) is 7.13. The SMILES string of the molecule is Clc1ccc(-c2nc3ccccc3n2Cc2c(Cl)cccc2Cl)c(Cl)c1. The Morgan fingerprint density at radius 2 is 1.50 bits per heavy atom. The first kappa shape index (κ1) is 17.7. The maximum absolute atomic E-state index is 6.44. The van der Waals surface area contributed by atoms with Gasteiger partial charge in [-0.05, 0) is 42.5 Å². The molecule has 4 aromatic rings. The van der Waals surface area contributed by atoms with E-state index >= 15 is 0 Å². The van der Waals surface area contributed by atoms with Crippen LogP contribution < -0.4 is 0 Å². The molecule has 0 spiro atoms. The fraction of sp³-hybridized carbons (Fsp3) is 0.0500. The van der Waals surface area contributed by atoms with Crippen molar-refractivity contribution in [3.63, 3.8) is 0 Å². The Kier molecular flexibility index (Phi) is 4.85. The molecule has 0 radical (unpaired) electrons. The summed E-state index contributed by atoms with van der Waals surface area (Å²) in [6, 6.07) is 18.8. The topological polar surface area (TPSA) is 17.8 Å². The van der Waals surface area contributed by atoms with E-state index in [0.717, 1.165) is 28.0 Å². The molecule has 0 aliphatic rings. The van der Waals surface area contributed by atoms with Crippen LogP contribution in [0.1, 0.15) is 5.56 Å². The molecule has 130 valence electrons. The number of para-hydroxylation sites is 2. The highest BCUT2D eigenvalue weighted by atomic mass is 35.5. The largest absolute Gasteiger partial charge is 0.319 e. The quantitative estimate of drug-likeness (QED) is 0.337. The average Bonchev–Trinajstić information content (AvgIpc) is 2.96. The summed E-state index contributed by atoms with van der Waals surface area (Å²) in [7, 11) is 0. The van der Waals surface area contributed by atoms with Gasteiger partial charge in [0.1, 0.15) is 5.82 Å². The maximum atomic E-state index is 6.44. The molecule has 0 amide bonds. The van der Waals surface area contributed by atoms with Gasteiger partial charge in [0.25, 0.3) is 0 Å². The highest BCUT2D eigenvalue weighted by Crippen LogP contribution is 2.34. The van der Waals surface area contributed by atoms with Gasteiger partial charge in [0.2, 0.25) is 0 Å². The lowest BCUT2D eigenvalue weighted by molar-refractivity contribution is 0.835. The first-order valence-corrected chi connectivity index (χ1v) is 9.39. The Balaban J connectivity index is 1.95. The van der Waals surface area contributed by atoms with Crippen LogP contribution in [0.4, 0.5) is 0 Å². The minimum Gasteiger partial charge on any atom is -0.319 e. The van der Waals surface area contributed by atoms with Crippen LogP contribution >= 0.6 is 46.4 Å². The minimum atomic E-state index is 0.479. The number of imidazole rings is 1. The van der Waals surface area contributed by atoms with Crippen molar-refractivity contribution in [2.75, 3.05) is 0 Å². The number of nitrogens with zero attached hydrogens (tertiary/aromatic N) is 2. The summed E-state index contributed by atoms with van der Waals surface area (Å²) < 4.78 is 2.07. The van der Waals surface area contributed by atoms with Crippen LogP contribution in [-0.2, 0) is 6.54 Å². The smallest absolute Gasteiger partial charge is 0.142 e. The summed E-state index contributed by atoms with van der Waals surface area (Å²) >= 11 is 25.3. The zero-order valence-electron chi connectivity index (χ0n) is 13.4. The predicted molar refractivity (Wildman–Crippen MR) is 111 cm³/mol. The van der Waals surface area contributed by atoms with Gasteiger partial charge in [0.15, 0.2) is 0 Å². The van der Waals surface area contributed by atoms with Crippen molar-refractivity contribution in [3.05, 3.63) is 86.3 Å². The van der Waals surface area contributed by atoms with Crippen molar-refractivity contribution in [1.29, 1.82) is 0 Å². The summed E-state index contributed by atoms with van der Waals surface area (Å²) in [6.45, 7) is 0.479. The van der Waals surface area contributed by atoms with E-state index in [0.29, 0.717) is 26.6 Å². The molecule has 26 heavy (non-hydrogen) atoms. The monoisotopic (exact) mass is 420 g/mol. The summed E-state index contributed by atoms with van der Waals surface area (Å²) in [5.74, 6) is 0.740. The third kappa shape index (κ3) is 3.19. The first-order valence-electron chi connectivity index (χ1n) is 7.88. The van der Waals surface area contributed by atoms with Crippen LogP contribution in [-0.4, -0.2) is 9.55 Å². The Hall–Kier alpha value is -1.71. The van der Waals surface area contributed by atoms with E-state index in [1.165, 1.54) is 0 Å². The lowest BCUT2D eigenvalue weighted by atomic mass is 10.2. The number of halogens is 4. The van der Waals surface area contributed by atoms with Crippen LogP contribution in [0.5, 0.6) is 0 Å². The van der Waals surface area contributed by atoms with E-state index < -0.39 is 0 Å². The second-order valence-corrected chi connectivity index (χ2v) is 7.49. The van der Waals surface area contributed by atoms with Gasteiger partial charge in [0.05, 0.1) is 22.6 Å². The normalized spacial score (nSPS) is 11.2. The fourth-order valence-corrected chi connectivity index (χ4v) is 3.96. The molecule has 4 rings (SSSR count). The van der Waals surface area contributed by atoms with Crippen molar-refractivity contribution in [3.8, 4) is 11.4 Å². The van der Waals surface area contributed by atoms with Gasteiger partial charge in [-0.15, -0.1) is 0 Å². The Morgan fingerprint density at radius 1 is 0.769 bits per heavy atom. The molecule has 0 fully saturated rings. The second-order valence-electron chi connectivity index (χ2n) is 5.83. The molecule has 0 aliphatic heterocycles. The molecular formula is C20H12Cl4N2. The summed E-state index contributed by atoms with van der Waals surface area (Å²) in [5, 5.41) is 2.35. The molecule has 3 aromatic carbocycles. The molecule has 0 saturated heterocycles. The highest BCUT2D eigenvalue weighted by molar-refractivity contribution is 6.36. The van der Waals surface area contributed by atoms with Crippen LogP contribution in [0.25, 0.3) is 22.4 Å². The molecule has 6 heteroatoms. The van der Waals surface area contributed by atoms with E-state index in [4.69, 9.17) is 51.4 Å². The van der Waals surface area contributed by atoms with Gasteiger partial charge in [-0.1, -0.05) is 64.6 Å². The van der Waals surface area contributed by atoms with E-state index in [9.17, 15) is 0 Å². The highest BCUT2D eigenvalue weighted by Gasteiger charge is 2.17. The van der Waals surface area contributed by atoms with E-state index in [1.54, 1.807) is 12.1 Å². The standard InChI is InChI=1S/C20H12Cl4N2/c21-12-8-9-13(17(24)10-12)20-25-18-6-1-2-7-19(18)26(20)11-14-15(22)4-3-5-16(14)23/h1-10H,11H2. The van der Waals surface area contributed by atoms with E-state index in [1.807, 2.05) is 48.5 Å².